The lowest BCUT2D eigenvalue weighted by Gasteiger charge is -2.25. The number of amides is 1. The number of hydrogen-bond acceptors (Lipinski definition) is 4. The van der Waals surface area contributed by atoms with Crippen LogP contribution < -0.4 is 4.74 Å². The van der Waals surface area contributed by atoms with Crippen LogP contribution in [0.3, 0.4) is 0 Å². The summed E-state index contributed by atoms with van der Waals surface area (Å²) in [5.41, 5.74) is 2.36. The number of halogens is 3. The Morgan fingerprint density at radius 3 is 2.54 bits per heavy atom. The molecule has 1 amide bonds. The topological polar surface area (TPSA) is 82.6 Å². The maximum absolute atomic E-state index is 13.7. The van der Waals surface area contributed by atoms with E-state index in [0.29, 0.717) is 22.8 Å². The molecular formula is C28H21Cl2FN2O4. The molecule has 1 aliphatic heterocycles. The zero-order chi connectivity index (χ0) is 26.3. The molecule has 1 atom stereocenters. The second-order valence-electron chi connectivity index (χ2n) is 8.64. The molecule has 0 unspecified atom stereocenters. The number of ether oxygens (including phenoxy) is 1. The third-order valence-electron chi connectivity index (χ3n) is 6.51. The summed E-state index contributed by atoms with van der Waals surface area (Å²) in [6.45, 7) is 0.169. The summed E-state index contributed by atoms with van der Waals surface area (Å²) in [4.78, 5) is 31.1. The zero-order valence-electron chi connectivity index (χ0n) is 19.6. The highest BCUT2D eigenvalue weighted by Crippen LogP contribution is 2.41. The van der Waals surface area contributed by atoms with E-state index in [0.717, 1.165) is 16.5 Å². The number of methoxy groups -OCH3 is 1. The summed E-state index contributed by atoms with van der Waals surface area (Å²) in [6, 6.07) is 14.6. The molecule has 3 aromatic carbocycles. The molecule has 188 valence electrons. The Labute approximate surface area is 221 Å². The quantitative estimate of drug-likeness (QED) is 0.172. The average molecular weight is 539 g/mol. The molecule has 6 nitrogen and oxygen atoms in total. The zero-order valence-corrected chi connectivity index (χ0v) is 21.1. The molecule has 1 saturated heterocycles. The maximum atomic E-state index is 13.7. The Bertz CT molecular complexity index is 1560. The Kier molecular flexibility index (Phi) is 6.67. The van der Waals surface area contributed by atoms with Crippen LogP contribution in [0.1, 0.15) is 22.7 Å². The predicted octanol–water partition coefficient (Wildman–Crippen LogP) is 6.29. The lowest BCUT2D eigenvalue weighted by Crippen LogP contribution is -2.31. The van der Waals surface area contributed by atoms with Gasteiger partial charge in [0.1, 0.15) is 17.3 Å². The SMILES string of the molecule is COc1ccc2[nH]cc(CCN3C(=O)C(=O)C(=C(O)c4ccc(Cl)cc4Cl)[C@@H]3c3ccc(F)cc3)c2c1. The van der Waals surface area contributed by atoms with E-state index in [1.165, 1.54) is 47.4 Å². The Morgan fingerprint density at radius 1 is 1.08 bits per heavy atom. The molecular weight excluding hydrogens is 518 g/mol. The van der Waals surface area contributed by atoms with Crippen molar-refractivity contribution in [3.63, 3.8) is 0 Å². The van der Waals surface area contributed by atoms with Crippen LogP contribution >= 0.6 is 23.2 Å². The molecule has 0 saturated carbocycles. The van der Waals surface area contributed by atoms with E-state index < -0.39 is 29.3 Å². The van der Waals surface area contributed by atoms with Gasteiger partial charge in [-0.3, -0.25) is 9.59 Å². The number of carbonyl (C=O) groups is 2. The number of aliphatic hydroxyl groups excluding tert-OH is 1. The van der Waals surface area contributed by atoms with Gasteiger partial charge in [0, 0.05) is 34.2 Å². The van der Waals surface area contributed by atoms with E-state index in [1.807, 2.05) is 24.4 Å². The summed E-state index contributed by atoms with van der Waals surface area (Å²) < 4.78 is 19.1. The molecule has 1 fully saturated rings. The van der Waals surface area contributed by atoms with Crippen molar-refractivity contribution in [3.05, 3.63) is 105 Å². The summed E-state index contributed by atoms with van der Waals surface area (Å²) in [6.07, 6.45) is 2.26. The first-order valence-corrected chi connectivity index (χ1v) is 12.2. The van der Waals surface area contributed by atoms with E-state index in [-0.39, 0.29) is 22.7 Å². The fourth-order valence-electron chi connectivity index (χ4n) is 4.66. The van der Waals surface area contributed by atoms with Crippen LogP contribution in [0.25, 0.3) is 16.7 Å². The number of fused-ring (bicyclic) bond motifs is 1. The van der Waals surface area contributed by atoms with Crippen molar-refractivity contribution in [1.29, 1.82) is 0 Å². The Balaban J connectivity index is 1.57. The van der Waals surface area contributed by atoms with E-state index in [1.54, 1.807) is 7.11 Å². The number of H-pyrrole nitrogens is 1. The highest BCUT2D eigenvalue weighted by atomic mass is 35.5. The lowest BCUT2D eigenvalue weighted by molar-refractivity contribution is -0.139. The molecule has 1 aliphatic rings. The average Bonchev–Trinajstić information content (AvgIpc) is 3.40. The fraction of sp³-hybridized carbons (Fsp3) is 0.143. The highest BCUT2D eigenvalue weighted by Gasteiger charge is 2.46. The summed E-state index contributed by atoms with van der Waals surface area (Å²) in [5.74, 6) is -1.81. The van der Waals surface area contributed by atoms with Crippen molar-refractivity contribution in [3.8, 4) is 5.75 Å². The second kappa shape index (κ2) is 9.92. The minimum absolute atomic E-state index is 0.124. The van der Waals surface area contributed by atoms with Crippen molar-refractivity contribution in [1.82, 2.24) is 9.88 Å². The summed E-state index contributed by atoms with van der Waals surface area (Å²) in [7, 11) is 1.59. The predicted molar refractivity (Wildman–Crippen MR) is 140 cm³/mol. The molecule has 4 aromatic rings. The normalized spacial score (nSPS) is 17.1. The van der Waals surface area contributed by atoms with Crippen LogP contribution in [-0.2, 0) is 16.0 Å². The van der Waals surface area contributed by atoms with Gasteiger partial charge in [0.05, 0.1) is 23.7 Å². The van der Waals surface area contributed by atoms with E-state index in [9.17, 15) is 19.1 Å². The van der Waals surface area contributed by atoms with Crippen LogP contribution in [-0.4, -0.2) is 40.3 Å². The fourth-order valence-corrected chi connectivity index (χ4v) is 5.16. The minimum atomic E-state index is -0.938. The van der Waals surface area contributed by atoms with Gasteiger partial charge in [-0.15, -0.1) is 0 Å². The number of nitrogens with zero attached hydrogens (tertiary/aromatic N) is 1. The van der Waals surface area contributed by atoms with Gasteiger partial charge in [0.25, 0.3) is 11.7 Å². The van der Waals surface area contributed by atoms with Gasteiger partial charge in [-0.05, 0) is 66.1 Å². The summed E-state index contributed by atoms with van der Waals surface area (Å²) >= 11 is 12.3. The van der Waals surface area contributed by atoms with Gasteiger partial charge < -0.3 is 19.7 Å². The molecule has 0 aliphatic carbocycles. The van der Waals surface area contributed by atoms with Gasteiger partial charge in [0.15, 0.2) is 0 Å². The maximum Gasteiger partial charge on any atom is 0.295 e. The van der Waals surface area contributed by atoms with E-state index >= 15 is 0 Å². The molecule has 9 heteroatoms. The van der Waals surface area contributed by atoms with Gasteiger partial charge >= 0.3 is 0 Å². The number of rotatable bonds is 6. The first kappa shape index (κ1) is 24.9. The molecule has 0 radical (unpaired) electrons. The lowest BCUT2D eigenvalue weighted by atomic mass is 9.95. The van der Waals surface area contributed by atoms with Gasteiger partial charge in [-0.1, -0.05) is 35.3 Å². The van der Waals surface area contributed by atoms with Crippen molar-refractivity contribution in [2.75, 3.05) is 13.7 Å². The molecule has 2 heterocycles. The second-order valence-corrected chi connectivity index (χ2v) is 9.49. The van der Waals surface area contributed by atoms with Crippen molar-refractivity contribution < 1.29 is 23.8 Å². The Morgan fingerprint density at radius 2 is 1.84 bits per heavy atom. The number of nitrogens with one attached hydrogen (secondary N) is 1. The number of ketones is 1. The highest BCUT2D eigenvalue weighted by molar-refractivity contribution is 6.47. The number of carbonyl (C=O) groups excluding carboxylic acids is 2. The number of Topliss-reactive ketones (excluding diaryl/α,β-unsaturated/α-hetero) is 1. The van der Waals surface area contributed by atoms with Crippen molar-refractivity contribution >= 4 is 51.6 Å². The van der Waals surface area contributed by atoms with E-state index in [4.69, 9.17) is 27.9 Å². The van der Waals surface area contributed by atoms with Crippen LogP contribution in [0.15, 0.2) is 72.4 Å². The van der Waals surface area contributed by atoms with Crippen LogP contribution in [0.4, 0.5) is 4.39 Å². The van der Waals surface area contributed by atoms with Crippen molar-refractivity contribution in [2.45, 2.75) is 12.5 Å². The van der Waals surface area contributed by atoms with E-state index in [2.05, 4.69) is 4.98 Å². The molecule has 37 heavy (non-hydrogen) atoms. The van der Waals surface area contributed by atoms with Crippen molar-refractivity contribution in [2.24, 2.45) is 0 Å². The molecule has 2 N–H and O–H groups in total. The molecule has 0 spiro atoms. The van der Waals surface area contributed by atoms with Crippen LogP contribution in [0, 0.1) is 5.82 Å². The van der Waals surface area contributed by atoms with Gasteiger partial charge in [0.2, 0.25) is 0 Å². The number of hydrogen-bond donors (Lipinski definition) is 2. The van der Waals surface area contributed by atoms with Crippen LogP contribution in [0.5, 0.6) is 5.75 Å². The minimum Gasteiger partial charge on any atom is -0.507 e. The molecule has 0 bridgehead atoms. The largest absolute Gasteiger partial charge is 0.507 e. The smallest absolute Gasteiger partial charge is 0.295 e. The third kappa shape index (κ3) is 4.56. The summed E-state index contributed by atoms with van der Waals surface area (Å²) in [5, 5.41) is 12.6. The molecule has 1 aromatic heterocycles. The third-order valence-corrected chi connectivity index (χ3v) is 7.06. The Hall–Kier alpha value is -3.81. The number of aromatic amines is 1. The number of aromatic nitrogens is 1. The molecule has 5 rings (SSSR count). The standard InChI is InChI=1S/C28H21Cl2FN2O4/c1-37-19-7-9-23-21(13-19)16(14-32-23)10-11-33-25(15-2-5-18(31)6-3-15)24(27(35)28(33)36)26(34)20-8-4-17(29)12-22(20)30/h2-9,12-14,25,32,34H,10-11H2,1H3/t25-/m0/s1. The number of aliphatic hydroxyl groups is 1. The first-order chi connectivity index (χ1) is 17.8. The number of likely N-dealkylation sites (tertiary alicyclic amines) is 1. The van der Waals surface area contributed by atoms with Gasteiger partial charge in [-0.2, -0.15) is 0 Å². The first-order valence-electron chi connectivity index (χ1n) is 11.4. The van der Waals surface area contributed by atoms with Crippen LogP contribution in [0.2, 0.25) is 10.0 Å². The monoisotopic (exact) mass is 538 g/mol. The van der Waals surface area contributed by atoms with Gasteiger partial charge in [-0.25, -0.2) is 4.39 Å². The number of benzene rings is 3.